The Morgan fingerprint density at radius 3 is 2.42 bits per heavy atom. The van der Waals surface area contributed by atoms with E-state index in [2.05, 4.69) is 0 Å². The summed E-state index contributed by atoms with van der Waals surface area (Å²) in [6, 6.07) is 10.4. The quantitative estimate of drug-likeness (QED) is 0.543. The maximum Gasteiger partial charge on any atom is 0.308 e. The lowest BCUT2D eigenvalue weighted by Crippen LogP contribution is -2.07. The van der Waals surface area contributed by atoms with Gasteiger partial charge >= 0.3 is 5.97 Å². The van der Waals surface area contributed by atoms with Crippen molar-refractivity contribution in [2.24, 2.45) is 0 Å². The third-order valence-electron chi connectivity index (χ3n) is 3.79. The minimum absolute atomic E-state index is 0.140. The Hall–Kier alpha value is -3.08. The second-order valence-electron chi connectivity index (χ2n) is 5.37. The van der Waals surface area contributed by atoms with Gasteiger partial charge < -0.3 is 13.9 Å². The molecule has 0 amide bonds. The molecule has 0 aliphatic heterocycles. The van der Waals surface area contributed by atoms with E-state index in [1.54, 1.807) is 50.4 Å². The van der Waals surface area contributed by atoms with Crippen molar-refractivity contribution in [1.82, 2.24) is 0 Å². The van der Waals surface area contributed by atoms with Crippen molar-refractivity contribution in [3.8, 4) is 22.6 Å². The molecule has 0 radical (unpaired) electrons. The number of aryl methyl sites for hydroxylation is 1. The predicted molar refractivity (Wildman–Crippen MR) is 90.5 cm³/mol. The third-order valence-corrected chi connectivity index (χ3v) is 3.79. The van der Waals surface area contributed by atoms with E-state index in [-0.39, 0.29) is 5.43 Å². The fourth-order valence-corrected chi connectivity index (χ4v) is 2.56. The van der Waals surface area contributed by atoms with Crippen LogP contribution in [0.2, 0.25) is 0 Å². The number of hydrogen-bond acceptors (Lipinski definition) is 5. The highest BCUT2D eigenvalue weighted by Gasteiger charge is 2.14. The molecule has 122 valence electrons. The Bertz CT molecular complexity index is 967. The molecule has 0 N–H and O–H groups in total. The largest absolute Gasteiger partial charge is 0.497 e. The van der Waals surface area contributed by atoms with Gasteiger partial charge in [0.25, 0.3) is 0 Å². The van der Waals surface area contributed by atoms with Gasteiger partial charge in [-0.2, -0.15) is 0 Å². The third kappa shape index (κ3) is 2.76. The van der Waals surface area contributed by atoms with Crippen LogP contribution in [-0.4, -0.2) is 13.1 Å². The van der Waals surface area contributed by atoms with Crippen LogP contribution in [0.3, 0.4) is 0 Å². The molecule has 5 heteroatoms. The summed E-state index contributed by atoms with van der Waals surface area (Å²) in [7, 11) is 1.59. The van der Waals surface area contributed by atoms with Crippen molar-refractivity contribution < 1.29 is 18.7 Å². The molecule has 0 unspecified atom stereocenters. The van der Waals surface area contributed by atoms with Gasteiger partial charge in [-0.15, -0.1) is 0 Å². The van der Waals surface area contributed by atoms with Crippen LogP contribution in [0.25, 0.3) is 22.1 Å². The molecule has 1 heterocycles. The molecule has 24 heavy (non-hydrogen) atoms. The summed E-state index contributed by atoms with van der Waals surface area (Å²) >= 11 is 0. The first-order valence-electron chi connectivity index (χ1n) is 7.39. The van der Waals surface area contributed by atoms with E-state index in [0.717, 1.165) is 5.56 Å². The molecule has 5 nitrogen and oxygen atoms in total. The van der Waals surface area contributed by atoms with E-state index in [9.17, 15) is 9.59 Å². The van der Waals surface area contributed by atoms with Crippen LogP contribution in [0.5, 0.6) is 11.5 Å². The fourth-order valence-electron chi connectivity index (χ4n) is 2.56. The van der Waals surface area contributed by atoms with E-state index in [1.165, 1.54) is 13.2 Å². The summed E-state index contributed by atoms with van der Waals surface area (Å²) in [5.41, 5.74) is 2.09. The van der Waals surface area contributed by atoms with Gasteiger partial charge in [0, 0.05) is 12.5 Å². The number of rotatable bonds is 3. The highest BCUT2D eigenvalue weighted by atomic mass is 16.5. The SMILES string of the molecule is COc1ccc(-c2coc3c(C)c(OC(C)=O)ccc3c2=O)cc1. The number of esters is 1. The predicted octanol–water partition coefficient (Wildman–Crippen LogP) is 3.70. The molecule has 2 aromatic carbocycles. The molecule has 0 bridgehead atoms. The normalized spacial score (nSPS) is 10.6. The molecule has 0 aliphatic carbocycles. The lowest BCUT2D eigenvalue weighted by Gasteiger charge is -2.09. The van der Waals surface area contributed by atoms with Crippen molar-refractivity contribution in [3.63, 3.8) is 0 Å². The molecule has 3 aromatic rings. The van der Waals surface area contributed by atoms with E-state index >= 15 is 0 Å². The van der Waals surface area contributed by atoms with Crippen molar-refractivity contribution in [2.45, 2.75) is 13.8 Å². The Morgan fingerprint density at radius 2 is 1.79 bits per heavy atom. The second kappa shape index (κ2) is 6.20. The summed E-state index contributed by atoms with van der Waals surface area (Å²) in [6.07, 6.45) is 1.43. The number of ether oxygens (including phenoxy) is 2. The van der Waals surface area contributed by atoms with Gasteiger partial charge in [0.2, 0.25) is 5.43 Å². The molecule has 0 atom stereocenters. The topological polar surface area (TPSA) is 65.7 Å². The van der Waals surface area contributed by atoms with E-state index in [4.69, 9.17) is 13.9 Å². The summed E-state index contributed by atoms with van der Waals surface area (Å²) < 4.78 is 15.9. The lowest BCUT2D eigenvalue weighted by atomic mass is 10.0. The first-order chi connectivity index (χ1) is 11.5. The standard InChI is InChI=1S/C19H16O5/c1-11-17(24-12(2)20)9-8-15-18(21)16(10-23-19(11)15)13-4-6-14(22-3)7-5-13/h4-10H,1-3H3. The van der Waals surface area contributed by atoms with Crippen LogP contribution in [0, 0.1) is 6.92 Å². The minimum atomic E-state index is -0.422. The molecule has 3 rings (SSSR count). The molecular weight excluding hydrogens is 308 g/mol. The number of fused-ring (bicyclic) bond motifs is 1. The van der Waals surface area contributed by atoms with Gasteiger partial charge in [0.05, 0.1) is 18.1 Å². The Morgan fingerprint density at radius 1 is 1.08 bits per heavy atom. The average Bonchev–Trinajstić information content (AvgIpc) is 2.58. The Kier molecular flexibility index (Phi) is 4.08. The molecule has 0 saturated carbocycles. The summed E-state index contributed by atoms with van der Waals surface area (Å²) in [5, 5.41) is 0.441. The maximum absolute atomic E-state index is 12.8. The lowest BCUT2D eigenvalue weighted by molar-refractivity contribution is -0.131. The second-order valence-corrected chi connectivity index (χ2v) is 5.37. The Balaban J connectivity index is 2.14. The molecule has 0 spiro atoms. The fraction of sp³-hybridized carbons (Fsp3) is 0.158. The smallest absolute Gasteiger partial charge is 0.308 e. The monoisotopic (exact) mass is 324 g/mol. The molecule has 0 fully saturated rings. The van der Waals surface area contributed by atoms with Crippen LogP contribution in [0.4, 0.5) is 0 Å². The molecule has 0 aliphatic rings. The van der Waals surface area contributed by atoms with Gasteiger partial charge in [-0.1, -0.05) is 12.1 Å². The highest BCUT2D eigenvalue weighted by Crippen LogP contribution is 2.28. The van der Waals surface area contributed by atoms with Gasteiger partial charge in [0.15, 0.2) is 0 Å². The van der Waals surface area contributed by atoms with E-state index < -0.39 is 5.97 Å². The number of methoxy groups -OCH3 is 1. The van der Waals surface area contributed by atoms with E-state index in [0.29, 0.717) is 33.6 Å². The number of benzene rings is 2. The average molecular weight is 324 g/mol. The van der Waals surface area contributed by atoms with Crippen molar-refractivity contribution in [1.29, 1.82) is 0 Å². The number of hydrogen-bond donors (Lipinski definition) is 0. The van der Waals surface area contributed by atoms with Gasteiger partial charge in [-0.05, 0) is 36.8 Å². The van der Waals surface area contributed by atoms with Gasteiger partial charge in [-0.3, -0.25) is 9.59 Å². The summed E-state index contributed by atoms with van der Waals surface area (Å²) in [6.45, 7) is 3.07. The highest BCUT2D eigenvalue weighted by molar-refractivity contribution is 5.86. The van der Waals surface area contributed by atoms with Crippen LogP contribution in [0.1, 0.15) is 12.5 Å². The molecular formula is C19H16O5. The minimum Gasteiger partial charge on any atom is -0.497 e. The van der Waals surface area contributed by atoms with Crippen molar-refractivity contribution >= 4 is 16.9 Å². The van der Waals surface area contributed by atoms with Crippen molar-refractivity contribution in [3.05, 3.63) is 58.4 Å². The van der Waals surface area contributed by atoms with Gasteiger partial charge in [-0.25, -0.2) is 0 Å². The maximum atomic E-state index is 12.8. The van der Waals surface area contributed by atoms with Crippen LogP contribution < -0.4 is 14.9 Å². The summed E-state index contributed by atoms with van der Waals surface area (Å²) in [4.78, 5) is 23.9. The van der Waals surface area contributed by atoms with Crippen LogP contribution in [0.15, 0.2) is 51.9 Å². The number of carbonyl (C=O) groups is 1. The molecule has 1 aromatic heterocycles. The van der Waals surface area contributed by atoms with Crippen molar-refractivity contribution in [2.75, 3.05) is 7.11 Å². The number of carbonyl (C=O) groups excluding carboxylic acids is 1. The van der Waals surface area contributed by atoms with E-state index in [1.807, 2.05) is 0 Å². The zero-order chi connectivity index (χ0) is 17.3. The summed E-state index contributed by atoms with van der Waals surface area (Å²) in [5.74, 6) is 0.677. The zero-order valence-electron chi connectivity index (χ0n) is 13.6. The molecule has 0 saturated heterocycles. The van der Waals surface area contributed by atoms with Crippen LogP contribution >= 0.6 is 0 Å². The van der Waals surface area contributed by atoms with Crippen LogP contribution in [-0.2, 0) is 4.79 Å². The first-order valence-corrected chi connectivity index (χ1v) is 7.39. The Labute approximate surface area is 138 Å². The zero-order valence-corrected chi connectivity index (χ0v) is 13.6. The first kappa shape index (κ1) is 15.8. The van der Waals surface area contributed by atoms with Gasteiger partial charge in [0.1, 0.15) is 23.3 Å².